The second-order valence-electron chi connectivity index (χ2n) is 7.86. The molecule has 3 rings (SSSR count). The molecule has 0 radical (unpaired) electrons. The van der Waals surface area contributed by atoms with E-state index in [1.165, 1.54) is 6.08 Å². The van der Waals surface area contributed by atoms with Gasteiger partial charge in [0.2, 0.25) is 0 Å². The molecule has 0 atom stereocenters. The summed E-state index contributed by atoms with van der Waals surface area (Å²) in [5.41, 5.74) is 2.77. The molecule has 0 aliphatic rings. The largest absolute Gasteiger partial charge is 0.494 e. The number of rotatable bonds is 12. The Balaban J connectivity index is 1.46. The third-order valence-corrected chi connectivity index (χ3v) is 5.33. The highest BCUT2D eigenvalue weighted by atomic mass is 35.5. The smallest absolute Gasteiger partial charge is 0.336 e. The van der Waals surface area contributed by atoms with Gasteiger partial charge >= 0.3 is 11.9 Å². The van der Waals surface area contributed by atoms with Gasteiger partial charge in [0.1, 0.15) is 11.5 Å². The van der Waals surface area contributed by atoms with E-state index < -0.39 is 11.9 Å². The van der Waals surface area contributed by atoms with Crippen molar-refractivity contribution in [2.75, 3.05) is 13.2 Å². The lowest BCUT2D eigenvalue weighted by Crippen LogP contribution is -2.04. The molecule has 0 saturated carbocycles. The van der Waals surface area contributed by atoms with E-state index in [0.29, 0.717) is 30.9 Å². The average molecular weight is 529 g/mol. The molecule has 38 heavy (non-hydrogen) atoms. The van der Waals surface area contributed by atoms with Crippen molar-refractivity contribution in [3.05, 3.63) is 107 Å². The molecule has 192 valence electrons. The Morgan fingerprint density at radius 3 is 2.34 bits per heavy atom. The summed E-state index contributed by atoms with van der Waals surface area (Å²) in [6.45, 7) is 4.20. The number of carbonyl (C=O) groups excluding carboxylic acids is 2. The predicted molar refractivity (Wildman–Crippen MR) is 147 cm³/mol. The Kier molecular flexibility index (Phi) is 10.9. The molecule has 0 aliphatic heterocycles. The lowest BCUT2D eigenvalue weighted by Gasteiger charge is -2.06. The molecule has 0 bridgehead atoms. The van der Waals surface area contributed by atoms with E-state index in [1.54, 1.807) is 54.8 Å². The first kappa shape index (κ1) is 27.9. The molecule has 7 nitrogen and oxygen atoms in total. The summed E-state index contributed by atoms with van der Waals surface area (Å²) < 4.78 is 15.9. The van der Waals surface area contributed by atoms with Crippen LogP contribution in [0.2, 0.25) is 5.02 Å². The molecule has 0 heterocycles. The van der Waals surface area contributed by atoms with Crippen LogP contribution in [0.4, 0.5) is 5.69 Å². The predicted octanol–water partition coefficient (Wildman–Crippen LogP) is 6.47. The number of hydrogen-bond donors (Lipinski definition) is 0. The van der Waals surface area contributed by atoms with Crippen molar-refractivity contribution in [1.29, 1.82) is 5.26 Å². The fraction of sp³-hybridized carbons (Fsp3) is 0.133. The number of esters is 2. The van der Waals surface area contributed by atoms with Crippen LogP contribution in [0.3, 0.4) is 0 Å². The number of unbranched alkanes of at least 4 members (excludes halogenated alkanes) is 1. The second-order valence-corrected chi connectivity index (χ2v) is 8.26. The van der Waals surface area contributed by atoms with Gasteiger partial charge in [-0.25, -0.2) is 9.59 Å². The highest BCUT2D eigenvalue weighted by Crippen LogP contribution is 2.29. The molecular weight excluding hydrogens is 504 g/mol. The Morgan fingerprint density at radius 2 is 1.66 bits per heavy atom. The van der Waals surface area contributed by atoms with E-state index >= 15 is 0 Å². The quantitative estimate of drug-likeness (QED) is 0.0878. The Labute approximate surface area is 226 Å². The van der Waals surface area contributed by atoms with Crippen molar-refractivity contribution in [2.24, 2.45) is 4.99 Å². The maximum atomic E-state index is 12.2. The Hall–Kier alpha value is -4.67. The van der Waals surface area contributed by atoms with Crippen molar-refractivity contribution < 1.29 is 23.8 Å². The van der Waals surface area contributed by atoms with Crippen LogP contribution < -0.4 is 9.47 Å². The highest BCUT2D eigenvalue weighted by molar-refractivity contribution is 6.32. The van der Waals surface area contributed by atoms with Gasteiger partial charge in [0.15, 0.2) is 0 Å². The van der Waals surface area contributed by atoms with Crippen molar-refractivity contribution in [3.8, 4) is 17.6 Å². The number of aliphatic imine (C=N–C) groups is 1. The molecule has 0 unspecified atom stereocenters. The molecule has 3 aromatic rings. The van der Waals surface area contributed by atoms with Gasteiger partial charge in [-0.1, -0.05) is 30.3 Å². The lowest BCUT2D eigenvalue weighted by atomic mass is 10.1. The summed E-state index contributed by atoms with van der Waals surface area (Å²) in [5, 5.41) is 9.09. The molecule has 0 N–H and O–H groups in total. The number of carbonyl (C=O) groups is 2. The summed E-state index contributed by atoms with van der Waals surface area (Å²) in [7, 11) is 0. The van der Waals surface area contributed by atoms with Gasteiger partial charge in [-0.05, 0) is 84.6 Å². The standard InChI is InChI=1S/C30H25ClN2O5/c1-2-29(34)37-18-4-3-17-36-26-13-9-24(10-14-26)21-33-25-12-15-28(27(31)19-25)38-30(35)16-11-22-5-7-23(20-32)8-6-22/h2,5-16,19,21H,1,3-4,17-18H2/b16-11+,33-21+. The number of benzene rings is 3. The summed E-state index contributed by atoms with van der Waals surface area (Å²) >= 11 is 6.28. The first-order valence-corrected chi connectivity index (χ1v) is 12.1. The molecule has 0 aliphatic carbocycles. The first-order chi connectivity index (χ1) is 18.5. The minimum Gasteiger partial charge on any atom is -0.494 e. The zero-order valence-corrected chi connectivity index (χ0v) is 21.3. The fourth-order valence-corrected chi connectivity index (χ4v) is 3.27. The number of hydrogen-bond acceptors (Lipinski definition) is 7. The molecule has 8 heteroatoms. The van der Waals surface area contributed by atoms with Crippen molar-refractivity contribution in [1.82, 2.24) is 0 Å². The first-order valence-electron chi connectivity index (χ1n) is 11.7. The zero-order valence-electron chi connectivity index (χ0n) is 20.5. The van der Waals surface area contributed by atoms with E-state index in [9.17, 15) is 9.59 Å². The van der Waals surface area contributed by atoms with Crippen molar-refractivity contribution >= 4 is 41.5 Å². The third kappa shape index (κ3) is 9.41. The maximum absolute atomic E-state index is 12.2. The van der Waals surface area contributed by atoms with Crippen LogP contribution in [0.5, 0.6) is 11.5 Å². The molecule has 0 spiro atoms. The summed E-state index contributed by atoms with van der Waals surface area (Å²) in [6, 6.07) is 21.2. The number of nitrogens with zero attached hydrogens (tertiary/aromatic N) is 2. The Bertz CT molecular complexity index is 1360. The van der Waals surface area contributed by atoms with Crippen LogP contribution in [-0.4, -0.2) is 31.4 Å². The van der Waals surface area contributed by atoms with E-state index in [1.807, 2.05) is 30.3 Å². The average Bonchev–Trinajstić information content (AvgIpc) is 2.94. The van der Waals surface area contributed by atoms with Gasteiger partial charge < -0.3 is 14.2 Å². The normalized spacial score (nSPS) is 10.7. The van der Waals surface area contributed by atoms with E-state index in [0.717, 1.165) is 29.4 Å². The van der Waals surface area contributed by atoms with E-state index in [4.69, 9.17) is 31.1 Å². The lowest BCUT2D eigenvalue weighted by molar-refractivity contribution is -0.137. The zero-order chi connectivity index (χ0) is 27.2. The van der Waals surface area contributed by atoms with Gasteiger partial charge in [-0.2, -0.15) is 5.26 Å². The second kappa shape index (κ2) is 14.8. The number of ether oxygens (including phenoxy) is 3. The molecule has 0 amide bonds. The number of halogens is 1. The van der Waals surface area contributed by atoms with Gasteiger partial charge in [0.05, 0.1) is 35.6 Å². The van der Waals surface area contributed by atoms with Gasteiger partial charge in [0, 0.05) is 18.4 Å². The number of nitriles is 1. The van der Waals surface area contributed by atoms with E-state index in [-0.39, 0.29) is 10.8 Å². The van der Waals surface area contributed by atoms with Gasteiger partial charge in [-0.15, -0.1) is 0 Å². The third-order valence-electron chi connectivity index (χ3n) is 5.04. The van der Waals surface area contributed by atoms with Crippen molar-refractivity contribution in [3.63, 3.8) is 0 Å². The SMILES string of the molecule is C=CC(=O)OCCCCOc1ccc(/C=N/c2ccc(OC(=O)/C=C/c3ccc(C#N)cc3)c(Cl)c2)cc1. The van der Waals surface area contributed by atoms with Crippen LogP contribution in [0.1, 0.15) is 29.5 Å². The van der Waals surface area contributed by atoms with Crippen LogP contribution in [0, 0.1) is 11.3 Å². The molecular formula is C30H25ClN2O5. The van der Waals surface area contributed by atoms with Crippen LogP contribution in [-0.2, 0) is 14.3 Å². The minimum absolute atomic E-state index is 0.223. The summed E-state index contributed by atoms with van der Waals surface area (Å²) in [5.74, 6) is -0.0475. The van der Waals surface area contributed by atoms with Crippen LogP contribution in [0.15, 0.2) is 90.5 Å². The minimum atomic E-state index is -0.578. The molecule has 0 saturated heterocycles. The maximum Gasteiger partial charge on any atom is 0.336 e. The molecule has 3 aromatic carbocycles. The van der Waals surface area contributed by atoms with Gasteiger partial charge in [-0.3, -0.25) is 4.99 Å². The van der Waals surface area contributed by atoms with E-state index in [2.05, 4.69) is 11.6 Å². The molecule has 0 fully saturated rings. The fourth-order valence-electron chi connectivity index (χ4n) is 3.05. The molecule has 0 aromatic heterocycles. The summed E-state index contributed by atoms with van der Waals surface area (Å²) in [6.07, 6.45) is 7.18. The van der Waals surface area contributed by atoms with Gasteiger partial charge in [0.25, 0.3) is 0 Å². The monoisotopic (exact) mass is 528 g/mol. The highest BCUT2D eigenvalue weighted by Gasteiger charge is 2.07. The topological polar surface area (TPSA) is 98.0 Å². The van der Waals surface area contributed by atoms with Crippen molar-refractivity contribution in [2.45, 2.75) is 12.8 Å². The Morgan fingerprint density at radius 1 is 0.947 bits per heavy atom. The summed E-state index contributed by atoms with van der Waals surface area (Å²) in [4.78, 5) is 27.5. The van der Waals surface area contributed by atoms with Crippen LogP contribution in [0.25, 0.3) is 6.08 Å². The van der Waals surface area contributed by atoms with Crippen LogP contribution >= 0.6 is 11.6 Å².